The standard InChI is InChI=1S/C21H13F3N4O2S/c22-21(23,24)16-10-31-20(28-16)18(30)12-3-1-11(2-4-12)14-7-15-13(5-6-17(25)29)8-26-19(15)27-9-14/h1-10H,(H2,25,29)(H,26,27)/b6-5+. The number of nitrogens with one attached hydrogen (secondary N) is 1. The smallest absolute Gasteiger partial charge is 0.366 e. The van der Waals surface area contributed by atoms with E-state index in [1.54, 1.807) is 30.6 Å². The molecule has 3 aromatic heterocycles. The van der Waals surface area contributed by atoms with Crippen molar-refractivity contribution in [2.45, 2.75) is 6.18 Å². The number of aromatic amines is 1. The van der Waals surface area contributed by atoms with Gasteiger partial charge in [-0.15, -0.1) is 11.3 Å². The Morgan fingerprint density at radius 1 is 1.13 bits per heavy atom. The van der Waals surface area contributed by atoms with Gasteiger partial charge >= 0.3 is 6.18 Å². The van der Waals surface area contributed by atoms with Crippen molar-refractivity contribution in [2.24, 2.45) is 5.73 Å². The SMILES string of the molecule is NC(=O)/C=C/c1c[nH]c2ncc(-c3ccc(C(=O)c4nc(C(F)(F)F)cs4)cc3)cc12. The van der Waals surface area contributed by atoms with Crippen LogP contribution in [0.1, 0.15) is 26.6 Å². The zero-order valence-corrected chi connectivity index (χ0v) is 16.4. The van der Waals surface area contributed by atoms with E-state index in [-0.39, 0.29) is 10.6 Å². The van der Waals surface area contributed by atoms with E-state index in [1.807, 2.05) is 6.07 Å². The normalized spacial score (nSPS) is 12.0. The summed E-state index contributed by atoms with van der Waals surface area (Å²) in [4.78, 5) is 34.2. The average Bonchev–Trinajstić information content (AvgIpc) is 3.39. The maximum absolute atomic E-state index is 12.7. The van der Waals surface area contributed by atoms with Gasteiger partial charge in [0.2, 0.25) is 11.7 Å². The molecule has 4 rings (SSSR count). The first kappa shape index (κ1) is 20.5. The predicted octanol–water partition coefficient (Wildman–Crippen LogP) is 4.43. The molecule has 0 unspecified atom stereocenters. The maximum atomic E-state index is 12.7. The monoisotopic (exact) mass is 442 g/mol. The van der Waals surface area contributed by atoms with Gasteiger partial charge in [0.05, 0.1) is 0 Å². The number of hydrogen-bond acceptors (Lipinski definition) is 5. The second-order valence-corrected chi connectivity index (χ2v) is 7.40. The van der Waals surface area contributed by atoms with Crippen molar-refractivity contribution in [3.63, 3.8) is 0 Å². The van der Waals surface area contributed by atoms with E-state index in [4.69, 9.17) is 5.73 Å². The molecule has 6 nitrogen and oxygen atoms in total. The Morgan fingerprint density at radius 3 is 2.52 bits per heavy atom. The van der Waals surface area contributed by atoms with Gasteiger partial charge in [-0.2, -0.15) is 13.2 Å². The summed E-state index contributed by atoms with van der Waals surface area (Å²) in [5, 5.41) is 1.38. The van der Waals surface area contributed by atoms with Crippen molar-refractivity contribution in [1.82, 2.24) is 15.0 Å². The Morgan fingerprint density at radius 2 is 1.87 bits per heavy atom. The van der Waals surface area contributed by atoms with Crippen molar-refractivity contribution < 1.29 is 22.8 Å². The minimum absolute atomic E-state index is 0.221. The molecule has 0 atom stereocenters. The quantitative estimate of drug-likeness (QED) is 0.353. The van der Waals surface area contributed by atoms with Crippen molar-refractivity contribution >= 4 is 40.1 Å². The Hall–Kier alpha value is -3.79. The molecule has 0 aliphatic heterocycles. The first-order valence-corrected chi connectivity index (χ1v) is 9.73. The number of fused-ring (bicyclic) bond motifs is 1. The molecular weight excluding hydrogens is 429 g/mol. The van der Waals surface area contributed by atoms with Crippen LogP contribution in [0, 0.1) is 0 Å². The van der Waals surface area contributed by atoms with Crippen LogP contribution in [0.25, 0.3) is 28.2 Å². The van der Waals surface area contributed by atoms with Gasteiger partial charge < -0.3 is 10.7 Å². The lowest BCUT2D eigenvalue weighted by Crippen LogP contribution is -2.07. The molecule has 1 aromatic carbocycles. The van der Waals surface area contributed by atoms with Crippen molar-refractivity contribution in [1.29, 1.82) is 0 Å². The number of nitrogens with two attached hydrogens (primary N) is 1. The number of aromatic nitrogens is 3. The van der Waals surface area contributed by atoms with Crippen LogP contribution in [0.4, 0.5) is 13.2 Å². The van der Waals surface area contributed by atoms with Crippen LogP contribution in [0.3, 0.4) is 0 Å². The molecule has 0 aliphatic carbocycles. The van der Waals surface area contributed by atoms with Crippen LogP contribution in [-0.2, 0) is 11.0 Å². The number of ketones is 1. The molecular formula is C21H13F3N4O2S. The zero-order chi connectivity index (χ0) is 22.2. The lowest BCUT2D eigenvalue weighted by atomic mass is 10.0. The molecule has 156 valence electrons. The third-order valence-electron chi connectivity index (χ3n) is 4.46. The van der Waals surface area contributed by atoms with E-state index in [0.29, 0.717) is 17.0 Å². The number of carbonyl (C=O) groups excluding carboxylic acids is 2. The van der Waals surface area contributed by atoms with Gasteiger partial charge in [-0.1, -0.05) is 24.3 Å². The highest BCUT2D eigenvalue weighted by Crippen LogP contribution is 2.31. The van der Waals surface area contributed by atoms with E-state index in [9.17, 15) is 22.8 Å². The number of alkyl halides is 3. The highest BCUT2D eigenvalue weighted by atomic mass is 32.1. The van der Waals surface area contributed by atoms with Gasteiger partial charge in [-0.3, -0.25) is 9.59 Å². The molecule has 0 spiro atoms. The van der Waals surface area contributed by atoms with Gasteiger partial charge in [-0.25, -0.2) is 9.97 Å². The average molecular weight is 442 g/mol. The molecule has 4 aromatic rings. The third kappa shape index (κ3) is 4.24. The molecule has 0 radical (unpaired) electrons. The summed E-state index contributed by atoms with van der Waals surface area (Å²) in [5.74, 6) is -1.15. The van der Waals surface area contributed by atoms with Crippen LogP contribution >= 0.6 is 11.3 Å². The number of H-pyrrole nitrogens is 1. The van der Waals surface area contributed by atoms with Gasteiger partial charge in [0, 0.05) is 45.9 Å². The lowest BCUT2D eigenvalue weighted by molar-refractivity contribution is -0.140. The number of nitrogens with zero attached hydrogens (tertiary/aromatic N) is 2. The van der Waals surface area contributed by atoms with Gasteiger partial charge in [0.1, 0.15) is 5.65 Å². The first-order valence-electron chi connectivity index (χ1n) is 8.85. The molecule has 3 N–H and O–H groups in total. The summed E-state index contributed by atoms with van der Waals surface area (Å²) in [6.45, 7) is 0. The van der Waals surface area contributed by atoms with Crippen LogP contribution < -0.4 is 5.73 Å². The number of primary amides is 1. The molecule has 3 heterocycles. The molecule has 31 heavy (non-hydrogen) atoms. The van der Waals surface area contributed by atoms with E-state index in [1.165, 1.54) is 18.2 Å². The fourth-order valence-corrected chi connectivity index (χ4v) is 3.72. The van der Waals surface area contributed by atoms with Crippen LogP contribution in [-0.4, -0.2) is 26.6 Å². The minimum atomic E-state index is -4.59. The predicted molar refractivity (Wildman–Crippen MR) is 110 cm³/mol. The van der Waals surface area contributed by atoms with E-state index in [0.717, 1.165) is 27.5 Å². The lowest BCUT2D eigenvalue weighted by Gasteiger charge is -2.04. The molecule has 10 heteroatoms. The Bertz CT molecular complexity index is 1320. The molecule has 0 bridgehead atoms. The molecule has 0 saturated carbocycles. The van der Waals surface area contributed by atoms with Crippen LogP contribution in [0.5, 0.6) is 0 Å². The Labute approximate surface area is 177 Å². The molecule has 0 fully saturated rings. The maximum Gasteiger partial charge on any atom is 0.434 e. The van der Waals surface area contributed by atoms with Crippen LogP contribution in [0.15, 0.2) is 54.2 Å². The highest BCUT2D eigenvalue weighted by Gasteiger charge is 2.34. The summed E-state index contributed by atoms with van der Waals surface area (Å²) in [6, 6.07) is 8.29. The number of thiazole rings is 1. The largest absolute Gasteiger partial charge is 0.434 e. The second kappa shape index (κ2) is 7.80. The van der Waals surface area contributed by atoms with Crippen molar-refractivity contribution in [3.8, 4) is 11.1 Å². The highest BCUT2D eigenvalue weighted by molar-refractivity contribution is 7.12. The first-order chi connectivity index (χ1) is 14.7. The fraction of sp³-hybridized carbons (Fsp3) is 0.0476. The van der Waals surface area contributed by atoms with Crippen LogP contribution in [0.2, 0.25) is 0 Å². The Kier molecular flexibility index (Phi) is 5.15. The van der Waals surface area contributed by atoms with Crippen molar-refractivity contribution in [3.05, 3.63) is 76.0 Å². The van der Waals surface area contributed by atoms with Crippen molar-refractivity contribution in [2.75, 3.05) is 0 Å². The number of halogens is 3. The second-order valence-electron chi connectivity index (χ2n) is 6.54. The zero-order valence-electron chi connectivity index (χ0n) is 15.6. The number of pyridine rings is 1. The topological polar surface area (TPSA) is 102 Å². The van der Waals surface area contributed by atoms with E-state index >= 15 is 0 Å². The number of amides is 1. The molecule has 0 aliphatic rings. The Balaban J connectivity index is 1.61. The summed E-state index contributed by atoms with van der Waals surface area (Å²) >= 11 is 0.657. The summed E-state index contributed by atoms with van der Waals surface area (Å²) in [7, 11) is 0. The fourth-order valence-electron chi connectivity index (χ4n) is 2.94. The van der Waals surface area contributed by atoms with Gasteiger partial charge in [0.15, 0.2) is 10.7 Å². The number of rotatable bonds is 5. The third-order valence-corrected chi connectivity index (χ3v) is 5.30. The van der Waals surface area contributed by atoms with Gasteiger partial charge in [-0.05, 0) is 17.7 Å². The van der Waals surface area contributed by atoms with E-state index < -0.39 is 23.6 Å². The minimum Gasteiger partial charge on any atom is -0.366 e. The molecule has 1 amide bonds. The van der Waals surface area contributed by atoms with E-state index in [2.05, 4.69) is 15.0 Å². The summed E-state index contributed by atoms with van der Waals surface area (Å²) in [6.07, 6.45) is 1.59. The summed E-state index contributed by atoms with van der Waals surface area (Å²) in [5.41, 5.74) is 7.17. The number of carbonyl (C=O) groups is 2. The number of hydrogen-bond donors (Lipinski definition) is 2. The summed E-state index contributed by atoms with van der Waals surface area (Å²) < 4.78 is 38.1. The van der Waals surface area contributed by atoms with Gasteiger partial charge in [0.25, 0.3) is 0 Å². The molecule has 0 saturated heterocycles. The number of benzene rings is 1.